The van der Waals surface area contributed by atoms with Crippen LogP contribution in [0.4, 0.5) is 0 Å². The van der Waals surface area contributed by atoms with Crippen LogP contribution >= 0.6 is 0 Å². The Morgan fingerprint density at radius 1 is 0.636 bits per heavy atom. The fourth-order valence-electron chi connectivity index (χ4n) is 5.04. The lowest BCUT2D eigenvalue weighted by Crippen LogP contribution is -2.39. The molecule has 192 valence electrons. The number of carbonyl (C=O) groups is 2. The van der Waals surface area contributed by atoms with Crippen LogP contribution in [-0.4, -0.2) is 37.4 Å². The van der Waals surface area contributed by atoms with Gasteiger partial charge < -0.3 is 14.2 Å². The Morgan fingerprint density at radius 2 is 1.09 bits per heavy atom. The number of esters is 2. The van der Waals surface area contributed by atoms with Crippen molar-refractivity contribution in [2.45, 2.75) is 142 Å². The molecule has 2 fully saturated rings. The molecule has 0 aromatic rings. The standard InChI is InChI=1S/C28H50O5/c1-3-5-7-9-11-13-15-17-21-31-27(29)23-19-20-24-26(33-24)25(23)28(30)32-22-18-16-14-12-10-8-6-4-2/h23-26H,3-22H2,1-2H3. The van der Waals surface area contributed by atoms with Gasteiger partial charge in [0.1, 0.15) is 0 Å². The van der Waals surface area contributed by atoms with E-state index in [9.17, 15) is 9.59 Å². The third kappa shape index (κ3) is 11.2. The molecule has 5 heteroatoms. The van der Waals surface area contributed by atoms with Crippen molar-refractivity contribution in [3.8, 4) is 0 Å². The number of ether oxygens (including phenoxy) is 3. The summed E-state index contributed by atoms with van der Waals surface area (Å²) in [7, 11) is 0. The van der Waals surface area contributed by atoms with Crippen molar-refractivity contribution in [2.24, 2.45) is 11.8 Å². The summed E-state index contributed by atoms with van der Waals surface area (Å²) >= 11 is 0. The zero-order valence-electron chi connectivity index (χ0n) is 21.5. The van der Waals surface area contributed by atoms with Crippen LogP contribution in [0, 0.1) is 11.8 Å². The molecular weight excluding hydrogens is 416 g/mol. The first-order valence-corrected chi connectivity index (χ1v) is 14.2. The Balaban J connectivity index is 1.58. The number of fused-ring (bicyclic) bond motifs is 1. The molecule has 4 unspecified atom stereocenters. The highest BCUT2D eigenvalue weighted by Gasteiger charge is 2.57. The molecule has 2 aliphatic rings. The average Bonchev–Trinajstić information content (AvgIpc) is 3.61. The van der Waals surface area contributed by atoms with Crippen molar-refractivity contribution in [2.75, 3.05) is 13.2 Å². The van der Waals surface area contributed by atoms with Crippen molar-refractivity contribution in [1.29, 1.82) is 0 Å². The molecule has 0 radical (unpaired) electrons. The Kier molecular flexibility index (Phi) is 14.8. The first-order valence-electron chi connectivity index (χ1n) is 14.2. The van der Waals surface area contributed by atoms with E-state index in [1.165, 1.54) is 77.0 Å². The normalized spacial score (nSPS) is 23.7. The molecule has 1 heterocycles. The molecule has 0 aromatic carbocycles. The molecule has 1 saturated heterocycles. The highest BCUT2D eigenvalue weighted by molar-refractivity contribution is 5.83. The van der Waals surface area contributed by atoms with Crippen molar-refractivity contribution >= 4 is 11.9 Å². The molecule has 0 N–H and O–H groups in total. The SMILES string of the molecule is CCCCCCCCCCOC(=O)C1CCC2OC2C1C(=O)OCCCCCCCCCC. The van der Waals surface area contributed by atoms with Crippen molar-refractivity contribution in [1.82, 2.24) is 0 Å². The van der Waals surface area contributed by atoms with Gasteiger partial charge in [-0.3, -0.25) is 9.59 Å². The van der Waals surface area contributed by atoms with Crippen LogP contribution in [0.15, 0.2) is 0 Å². The molecule has 0 bridgehead atoms. The molecule has 1 aliphatic carbocycles. The molecule has 33 heavy (non-hydrogen) atoms. The summed E-state index contributed by atoms with van der Waals surface area (Å²) in [6, 6.07) is 0. The average molecular weight is 467 g/mol. The Hall–Kier alpha value is -1.10. The molecule has 0 spiro atoms. The summed E-state index contributed by atoms with van der Waals surface area (Å²) in [5.41, 5.74) is 0. The lowest BCUT2D eigenvalue weighted by Gasteiger charge is -2.25. The lowest BCUT2D eigenvalue weighted by molar-refractivity contribution is -0.162. The molecule has 2 rings (SSSR count). The van der Waals surface area contributed by atoms with Gasteiger partial charge in [0.2, 0.25) is 0 Å². The van der Waals surface area contributed by atoms with E-state index in [0.29, 0.717) is 19.6 Å². The van der Waals surface area contributed by atoms with Crippen LogP contribution in [0.2, 0.25) is 0 Å². The van der Waals surface area contributed by atoms with E-state index >= 15 is 0 Å². The van der Waals surface area contributed by atoms with Gasteiger partial charge in [0.15, 0.2) is 0 Å². The van der Waals surface area contributed by atoms with Gasteiger partial charge in [0.05, 0.1) is 37.3 Å². The number of hydrogen-bond donors (Lipinski definition) is 0. The van der Waals surface area contributed by atoms with Crippen LogP contribution in [0.25, 0.3) is 0 Å². The van der Waals surface area contributed by atoms with Gasteiger partial charge in [0.25, 0.3) is 0 Å². The third-order valence-corrected chi connectivity index (χ3v) is 7.23. The van der Waals surface area contributed by atoms with Gasteiger partial charge in [0, 0.05) is 0 Å². The van der Waals surface area contributed by atoms with Gasteiger partial charge in [-0.2, -0.15) is 0 Å². The summed E-state index contributed by atoms with van der Waals surface area (Å²) in [6.07, 6.45) is 20.9. The zero-order valence-corrected chi connectivity index (χ0v) is 21.5. The van der Waals surface area contributed by atoms with Crippen LogP contribution in [0.5, 0.6) is 0 Å². The minimum Gasteiger partial charge on any atom is -0.465 e. The van der Waals surface area contributed by atoms with Gasteiger partial charge >= 0.3 is 11.9 Å². The van der Waals surface area contributed by atoms with E-state index < -0.39 is 11.8 Å². The van der Waals surface area contributed by atoms with E-state index in [-0.39, 0.29) is 24.1 Å². The first kappa shape index (κ1) is 28.1. The quantitative estimate of drug-likeness (QED) is 0.108. The minimum absolute atomic E-state index is 0.127. The van der Waals surface area contributed by atoms with Crippen LogP contribution in [-0.2, 0) is 23.8 Å². The highest BCUT2D eigenvalue weighted by atomic mass is 16.6. The van der Waals surface area contributed by atoms with Gasteiger partial charge in [-0.1, -0.05) is 104 Å². The number of epoxide rings is 1. The number of hydrogen-bond acceptors (Lipinski definition) is 5. The van der Waals surface area contributed by atoms with Crippen molar-refractivity contribution in [3.63, 3.8) is 0 Å². The monoisotopic (exact) mass is 466 g/mol. The summed E-state index contributed by atoms with van der Waals surface area (Å²) < 4.78 is 16.8. The molecule has 4 atom stereocenters. The minimum atomic E-state index is -0.483. The van der Waals surface area contributed by atoms with E-state index in [2.05, 4.69) is 13.8 Å². The Morgan fingerprint density at radius 3 is 1.61 bits per heavy atom. The fraction of sp³-hybridized carbons (Fsp3) is 0.929. The van der Waals surface area contributed by atoms with Crippen molar-refractivity contribution < 1.29 is 23.8 Å². The molecular formula is C28H50O5. The zero-order chi connectivity index (χ0) is 23.7. The summed E-state index contributed by atoms with van der Waals surface area (Å²) in [5.74, 6) is -1.39. The van der Waals surface area contributed by atoms with Gasteiger partial charge in [-0.15, -0.1) is 0 Å². The number of rotatable bonds is 20. The van der Waals surface area contributed by atoms with Gasteiger partial charge in [-0.05, 0) is 25.7 Å². The Labute approximate surface area is 202 Å². The van der Waals surface area contributed by atoms with Crippen LogP contribution in [0.3, 0.4) is 0 Å². The van der Waals surface area contributed by atoms with E-state index in [1.54, 1.807) is 0 Å². The smallest absolute Gasteiger partial charge is 0.312 e. The second kappa shape index (κ2) is 17.4. The van der Waals surface area contributed by atoms with Crippen molar-refractivity contribution in [3.05, 3.63) is 0 Å². The van der Waals surface area contributed by atoms with Gasteiger partial charge in [-0.25, -0.2) is 0 Å². The van der Waals surface area contributed by atoms with E-state index in [1.807, 2.05) is 0 Å². The van der Waals surface area contributed by atoms with Crippen LogP contribution in [0.1, 0.15) is 129 Å². The lowest BCUT2D eigenvalue weighted by atomic mass is 9.79. The number of unbranched alkanes of at least 4 members (excludes halogenated alkanes) is 14. The second-order valence-corrected chi connectivity index (χ2v) is 10.1. The topological polar surface area (TPSA) is 65.1 Å². The molecule has 5 nitrogen and oxygen atoms in total. The third-order valence-electron chi connectivity index (χ3n) is 7.23. The highest BCUT2D eigenvalue weighted by Crippen LogP contribution is 2.45. The molecule has 1 aliphatic heterocycles. The van der Waals surface area contributed by atoms with E-state index in [0.717, 1.165) is 32.1 Å². The maximum atomic E-state index is 12.8. The predicted octanol–water partition coefficient (Wildman–Crippen LogP) is 7.15. The molecule has 0 amide bonds. The summed E-state index contributed by atoms with van der Waals surface area (Å²) in [4.78, 5) is 25.5. The Bertz CT molecular complexity index is 534. The molecule has 1 saturated carbocycles. The first-order chi connectivity index (χ1) is 16.2. The fourth-order valence-corrected chi connectivity index (χ4v) is 5.04. The maximum absolute atomic E-state index is 12.8. The second-order valence-electron chi connectivity index (χ2n) is 10.1. The maximum Gasteiger partial charge on any atom is 0.312 e. The summed E-state index contributed by atoms with van der Waals surface area (Å²) in [5, 5.41) is 0. The van der Waals surface area contributed by atoms with E-state index in [4.69, 9.17) is 14.2 Å². The van der Waals surface area contributed by atoms with Crippen LogP contribution < -0.4 is 0 Å². The predicted molar refractivity (Wildman–Crippen MR) is 132 cm³/mol. The largest absolute Gasteiger partial charge is 0.465 e. The molecule has 0 aromatic heterocycles. The number of carbonyl (C=O) groups excluding carboxylic acids is 2. The summed E-state index contributed by atoms with van der Waals surface area (Å²) in [6.45, 7) is 5.37.